The number of carbonyl (C=O) groups excluding carboxylic acids is 1. The van der Waals surface area contributed by atoms with Gasteiger partial charge in [-0.2, -0.15) is 0 Å². The molecule has 1 unspecified atom stereocenters. The van der Waals surface area contributed by atoms with Gasteiger partial charge in [-0.1, -0.05) is 0 Å². The number of hydrogen-bond donors (Lipinski definition) is 2. The molecule has 2 N–H and O–H groups in total. The molecule has 0 radical (unpaired) electrons. The zero-order valence-electron chi connectivity index (χ0n) is 9.48. The molecule has 80 valence electrons. The topological polar surface area (TPSA) is 41.1 Å². The third kappa shape index (κ3) is 6.50. The van der Waals surface area contributed by atoms with E-state index in [0.29, 0.717) is 13.0 Å². The van der Waals surface area contributed by atoms with Crippen LogP contribution < -0.4 is 10.6 Å². The fourth-order valence-corrected chi connectivity index (χ4v) is 0.931. The normalized spacial score (nSPS) is 13.1. The van der Waals surface area contributed by atoms with Crippen molar-refractivity contribution in [3.05, 3.63) is 0 Å². The molecule has 0 aromatic heterocycles. The van der Waals surface area contributed by atoms with Crippen LogP contribution in [0.1, 0.15) is 34.1 Å². The van der Waals surface area contributed by atoms with Crippen LogP contribution in [0.15, 0.2) is 0 Å². The van der Waals surface area contributed by atoms with Crippen molar-refractivity contribution in [1.82, 2.24) is 10.6 Å². The SMILES string of the molecule is C#CCCNC(C)C(=O)NC(C)(C)C. The number of carbonyl (C=O) groups is 1. The Morgan fingerprint density at radius 3 is 2.50 bits per heavy atom. The van der Waals surface area contributed by atoms with Gasteiger partial charge in [-0.25, -0.2) is 0 Å². The lowest BCUT2D eigenvalue weighted by molar-refractivity contribution is -0.124. The first-order valence-electron chi connectivity index (χ1n) is 4.85. The van der Waals surface area contributed by atoms with Crippen LogP contribution in [-0.2, 0) is 4.79 Å². The van der Waals surface area contributed by atoms with Gasteiger partial charge in [0.05, 0.1) is 6.04 Å². The highest BCUT2D eigenvalue weighted by atomic mass is 16.2. The van der Waals surface area contributed by atoms with E-state index in [0.717, 1.165) is 0 Å². The highest BCUT2D eigenvalue weighted by Crippen LogP contribution is 1.99. The Morgan fingerprint density at radius 1 is 1.50 bits per heavy atom. The average Bonchev–Trinajstić information content (AvgIpc) is 2.01. The number of nitrogens with one attached hydrogen (secondary N) is 2. The molecule has 14 heavy (non-hydrogen) atoms. The summed E-state index contributed by atoms with van der Waals surface area (Å²) in [5.74, 6) is 2.52. The Morgan fingerprint density at radius 2 is 2.07 bits per heavy atom. The molecule has 1 amide bonds. The largest absolute Gasteiger partial charge is 0.350 e. The summed E-state index contributed by atoms with van der Waals surface area (Å²) in [6.07, 6.45) is 5.75. The molecule has 0 aliphatic carbocycles. The first kappa shape index (κ1) is 13.0. The second-order valence-corrected chi connectivity index (χ2v) is 4.37. The van der Waals surface area contributed by atoms with E-state index < -0.39 is 0 Å². The Labute approximate surface area is 86.6 Å². The fraction of sp³-hybridized carbons (Fsp3) is 0.727. The van der Waals surface area contributed by atoms with E-state index in [-0.39, 0.29) is 17.5 Å². The fourth-order valence-electron chi connectivity index (χ4n) is 0.931. The zero-order chi connectivity index (χ0) is 11.2. The molecule has 0 saturated heterocycles. The molecule has 0 saturated carbocycles. The zero-order valence-corrected chi connectivity index (χ0v) is 9.48. The molecule has 0 aromatic rings. The predicted molar refractivity (Wildman–Crippen MR) is 58.8 cm³/mol. The summed E-state index contributed by atoms with van der Waals surface area (Å²) in [5, 5.41) is 5.94. The summed E-state index contributed by atoms with van der Waals surface area (Å²) in [4.78, 5) is 11.5. The molecular formula is C11H20N2O. The van der Waals surface area contributed by atoms with Gasteiger partial charge in [-0.15, -0.1) is 12.3 Å². The van der Waals surface area contributed by atoms with E-state index >= 15 is 0 Å². The third-order valence-corrected chi connectivity index (χ3v) is 1.61. The number of terminal acetylenes is 1. The predicted octanol–water partition coefficient (Wildman–Crippen LogP) is 0.902. The van der Waals surface area contributed by atoms with Gasteiger partial charge in [0.1, 0.15) is 0 Å². The maximum Gasteiger partial charge on any atom is 0.237 e. The molecule has 0 aliphatic heterocycles. The van der Waals surface area contributed by atoms with Crippen molar-refractivity contribution in [2.24, 2.45) is 0 Å². The molecular weight excluding hydrogens is 176 g/mol. The first-order valence-corrected chi connectivity index (χ1v) is 4.85. The number of amides is 1. The Kier molecular flexibility index (Phi) is 5.26. The summed E-state index contributed by atoms with van der Waals surface area (Å²) < 4.78 is 0. The van der Waals surface area contributed by atoms with Crippen molar-refractivity contribution < 1.29 is 4.79 Å². The van der Waals surface area contributed by atoms with Crippen LogP contribution in [0, 0.1) is 12.3 Å². The number of hydrogen-bond acceptors (Lipinski definition) is 2. The maximum absolute atomic E-state index is 11.5. The Hall–Kier alpha value is -1.01. The van der Waals surface area contributed by atoms with Gasteiger partial charge in [0, 0.05) is 18.5 Å². The van der Waals surface area contributed by atoms with Crippen LogP contribution in [0.5, 0.6) is 0 Å². The minimum Gasteiger partial charge on any atom is -0.350 e. The van der Waals surface area contributed by atoms with Gasteiger partial charge in [-0.3, -0.25) is 4.79 Å². The van der Waals surface area contributed by atoms with E-state index in [1.165, 1.54) is 0 Å². The molecule has 0 heterocycles. The van der Waals surface area contributed by atoms with E-state index in [1.54, 1.807) is 0 Å². The Bertz CT molecular complexity index is 222. The maximum atomic E-state index is 11.5. The van der Waals surface area contributed by atoms with Gasteiger partial charge in [0.2, 0.25) is 5.91 Å². The van der Waals surface area contributed by atoms with E-state index in [9.17, 15) is 4.79 Å². The second kappa shape index (κ2) is 5.66. The summed E-state index contributed by atoms with van der Waals surface area (Å²) in [6.45, 7) is 8.38. The molecule has 0 fully saturated rings. The minimum absolute atomic E-state index is 0.00882. The highest BCUT2D eigenvalue weighted by molar-refractivity contribution is 5.81. The Balaban J connectivity index is 3.84. The lowest BCUT2D eigenvalue weighted by Crippen LogP contribution is -2.49. The van der Waals surface area contributed by atoms with Crippen molar-refractivity contribution in [3.63, 3.8) is 0 Å². The van der Waals surface area contributed by atoms with Crippen LogP contribution in [0.25, 0.3) is 0 Å². The van der Waals surface area contributed by atoms with Crippen molar-refractivity contribution in [2.75, 3.05) is 6.54 Å². The molecule has 0 aromatic carbocycles. The average molecular weight is 196 g/mol. The van der Waals surface area contributed by atoms with Crippen LogP contribution in [0.2, 0.25) is 0 Å². The van der Waals surface area contributed by atoms with E-state index in [1.807, 2.05) is 27.7 Å². The molecule has 1 atom stereocenters. The van der Waals surface area contributed by atoms with E-state index in [4.69, 9.17) is 6.42 Å². The minimum atomic E-state index is -0.192. The smallest absolute Gasteiger partial charge is 0.237 e. The van der Waals surface area contributed by atoms with Crippen molar-refractivity contribution in [1.29, 1.82) is 0 Å². The summed E-state index contributed by atoms with van der Waals surface area (Å²) in [6, 6.07) is -0.192. The molecule has 0 rings (SSSR count). The van der Waals surface area contributed by atoms with E-state index in [2.05, 4.69) is 16.6 Å². The van der Waals surface area contributed by atoms with Gasteiger partial charge in [-0.05, 0) is 27.7 Å². The lowest BCUT2D eigenvalue weighted by atomic mass is 10.1. The van der Waals surface area contributed by atoms with Crippen molar-refractivity contribution in [3.8, 4) is 12.3 Å². The quantitative estimate of drug-likeness (QED) is 0.518. The molecule has 0 aliphatic rings. The molecule has 3 heteroatoms. The standard InChI is InChI=1S/C11H20N2O/c1-6-7-8-12-9(2)10(14)13-11(3,4)5/h1,9,12H,7-8H2,2-5H3,(H,13,14). The van der Waals surface area contributed by atoms with Gasteiger partial charge in [0.25, 0.3) is 0 Å². The first-order chi connectivity index (χ1) is 6.37. The molecule has 0 bridgehead atoms. The van der Waals surface area contributed by atoms with Crippen molar-refractivity contribution >= 4 is 5.91 Å². The van der Waals surface area contributed by atoms with Crippen LogP contribution >= 0.6 is 0 Å². The van der Waals surface area contributed by atoms with Crippen LogP contribution in [-0.4, -0.2) is 24.0 Å². The van der Waals surface area contributed by atoms with Gasteiger partial charge in [0.15, 0.2) is 0 Å². The van der Waals surface area contributed by atoms with Crippen LogP contribution in [0.4, 0.5) is 0 Å². The molecule has 0 spiro atoms. The van der Waals surface area contributed by atoms with Crippen molar-refractivity contribution in [2.45, 2.75) is 45.7 Å². The summed E-state index contributed by atoms with van der Waals surface area (Å²) >= 11 is 0. The second-order valence-electron chi connectivity index (χ2n) is 4.37. The van der Waals surface area contributed by atoms with Crippen LogP contribution in [0.3, 0.4) is 0 Å². The third-order valence-electron chi connectivity index (χ3n) is 1.61. The highest BCUT2D eigenvalue weighted by Gasteiger charge is 2.18. The van der Waals surface area contributed by atoms with Gasteiger partial charge >= 0.3 is 0 Å². The number of rotatable bonds is 4. The summed E-state index contributed by atoms with van der Waals surface area (Å²) in [5.41, 5.74) is -0.181. The summed E-state index contributed by atoms with van der Waals surface area (Å²) in [7, 11) is 0. The monoisotopic (exact) mass is 196 g/mol. The molecule has 3 nitrogen and oxygen atoms in total. The van der Waals surface area contributed by atoms with Gasteiger partial charge < -0.3 is 10.6 Å². The lowest BCUT2D eigenvalue weighted by Gasteiger charge is -2.23.